The highest BCUT2D eigenvalue weighted by molar-refractivity contribution is 9.10. The van der Waals surface area contributed by atoms with Crippen molar-refractivity contribution in [2.45, 2.75) is 4.90 Å². The number of benzene rings is 2. The number of carbonyl (C=O) groups is 2. The summed E-state index contributed by atoms with van der Waals surface area (Å²) < 4.78 is 37.5. The summed E-state index contributed by atoms with van der Waals surface area (Å²) in [7, 11) is -3.63. The SMILES string of the molecule is O=C(COC(=O)c1ccc(S(=O)(=O)N2CCOCC2)cc1)c1ccc(Br)cc1. The largest absolute Gasteiger partial charge is 0.454 e. The molecule has 2 aromatic carbocycles. The fourth-order valence-corrected chi connectivity index (χ4v) is 4.30. The van der Waals surface area contributed by atoms with Gasteiger partial charge in [-0.3, -0.25) is 4.79 Å². The molecule has 0 atom stereocenters. The number of carbonyl (C=O) groups excluding carboxylic acids is 2. The molecule has 0 amide bonds. The number of Topliss-reactive ketones (excluding diaryl/α,β-unsaturated/α-hetero) is 1. The van der Waals surface area contributed by atoms with Gasteiger partial charge in [0.2, 0.25) is 10.0 Å². The molecule has 1 saturated heterocycles. The van der Waals surface area contributed by atoms with Crippen LogP contribution in [0.15, 0.2) is 57.9 Å². The molecule has 1 fully saturated rings. The monoisotopic (exact) mass is 467 g/mol. The summed E-state index contributed by atoms with van der Waals surface area (Å²) in [6, 6.07) is 12.2. The molecule has 0 unspecified atom stereocenters. The minimum atomic E-state index is -3.63. The lowest BCUT2D eigenvalue weighted by atomic mass is 10.1. The maximum atomic E-state index is 12.6. The second-order valence-electron chi connectivity index (χ2n) is 6.05. The molecule has 0 spiro atoms. The number of halogens is 1. The molecule has 3 rings (SSSR count). The zero-order chi connectivity index (χ0) is 20.1. The molecular weight excluding hydrogens is 450 g/mol. The first kappa shape index (κ1) is 20.7. The minimum Gasteiger partial charge on any atom is -0.454 e. The number of rotatable bonds is 6. The smallest absolute Gasteiger partial charge is 0.338 e. The number of ether oxygens (including phenoxy) is 2. The normalized spacial score (nSPS) is 15.2. The Morgan fingerprint density at radius 3 is 2.14 bits per heavy atom. The van der Waals surface area contributed by atoms with Gasteiger partial charge in [-0.15, -0.1) is 0 Å². The van der Waals surface area contributed by atoms with E-state index in [0.29, 0.717) is 31.9 Å². The Balaban J connectivity index is 1.62. The Morgan fingerprint density at radius 1 is 0.964 bits per heavy atom. The average Bonchev–Trinajstić information content (AvgIpc) is 2.73. The van der Waals surface area contributed by atoms with E-state index in [1.165, 1.54) is 28.6 Å². The highest BCUT2D eigenvalue weighted by Gasteiger charge is 2.26. The third-order valence-corrected chi connectivity index (χ3v) is 6.64. The van der Waals surface area contributed by atoms with Crippen LogP contribution < -0.4 is 0 Å². The Hall–Kier alpha value is -2.07. The third kappa shape index (κ3) is 4.85. The third-order valence-electron chi connectivity index (χ3n) is 4.20. The zero-order valence-corrected chi connectivity index (χ0v) is 17.2. The van der Waals surface area contributed by atoms with E-state index in [1.807, 2.05) is 0 Å². The number of sulfonamides is 1. The van der Waals surface area contributed by atoms with Crippen molar-refractivity contribution in [3.05, 3.63) is 64.1 Å². The van der Waals surface area contributed by atoms with Gasteiger partial charge in [0.15, 0.2) is 12.4 Å². The van der Waals surface area contributed by atoms with Crippen molar-refractivity contribution >= 4 is 37.7 Å². The standard InChI is InChI=1S/C19H18BrNO6S/c20-16-5-1-14(2-6-16)18(22)13-27-19(23)15-3-7-17(8-4-15)28(24,25)21-9-11-26-12-10-21/h1-8H,9-13H2. The van der Waals surface area contributed by atoms with E-state index in [4.69, 9.17) is 9.47 Å². The van der Waals surface area contributed by atoms with Crippen LogP contribution in [0.5, 0.6) is 0 Å². The number of hydrogen-bond donors (Lipinski definition) is 0. The van der Waals surface area contributed by atoms with Gasteiger partial charge in [-0.05, 0) is 36.4 Å². The van der Waals surface area contributed by atoms with E-state index < -0.39 is 22.6 Å². The summed E-state index contributed by atoms with van der Waals surface area (Å²) in [6.45, 7) is 0.912. The van der Waals surface area contributed by atoms with Crippen LogP contribution in [-0.4, -0.2) is 57.4 Å². The van der Waals surface area contributed by atoms with Gasteiger partial charge in [-0.2, -0.15) is 4.31 Å². The van der Waals surface area contributed by atoms with Crippen molar-refractivity contribution in [2.75, 3.05) is 32.9 Å². The first-order chi connectivity index (χ1) is 13.4. The van der Waals surface area contributed by atoms with Crippen molar-refractivity contribution in [3.8, 4) is 0 Å². The second kappa shape index (κ2) is 8.95. The van der Waals surface area contributed by atoms with Gasteiger partial charge in [-0.1, -0.05) is 28.1 Å². The molecule has 1 aliphatic heterocycles. The molecule has 2 aromatic rings. The molecule has 9 heteroatoms. The van der Waals surface area contributed by atoms with Gasteiger partial charge in [0.1, 0.15) is 0 Å². The Morgan fingerprint density at radius 2 is 1.54 bits per heavy atom. The number of morpholine rings is 1. The number of hydrogen-bond acceptors (Lipinski definition) is 6. The van der Waals surface area contributed by atoms with Gasteiger partial charge in [0.25, 0.3) is 0 Å². The van der Waals surface area contributed by atoms with Crippen molar-refractivity contribution < 1.29 is 27.5 Å². The summed E-state index contributed by atoms with van der Waals surface area (Å²) in [6.07, 6.45) is 0. The highest BCUT2D eigenvalue weighted by Crippen LogP contribution is 2.18. The average molecular weight is 468 g/mol. The molecule has 7 nitrogen and oxygen atoms in total. The highest BCUT2D eigenvalue weighted by atomic mass is 79.9. The predicted molar refractivity (Wildman–Crippen MR) is 105 cm³/mol. The fourth-order valence-electron chi connectivity index (χ4n) is 2.63. The van der Waals surface area contributed by atoms with Gasteiger partial charge >= 0.3 is 5.97 Å². The molecule has 1 heterocycles. The van der Waals surface area contributed by atoms with E-state index in [2.05, 4.69) is 15.9 Å². The minimum absolute atomic E-state index is 0.0943. The van der Waals surface area contributed by atoms with Gasteiger partial charge in [0, 0.05) is 23.1 Å². The maximum Gasteiger partial charge on any atom is 0.338 e. The van der Waals surface area contributed by atoms with Gasteiger partial charge in [-0.25, -0.2) is 13.2 Å². The van der Waals surface area contributed by atoms with Gasteiger partial charge < -0.3 is 9.47 Å². The fraction of sp³-hybridized carbons (Fsp3) is 0.263. The number of nitrogens with zero attached hydrogens (tertiary/aromatic N) is 1. The molecule has 28 heavy (non-hydrogen) atoms. The van der Waals surface area contributed by atoms with E-state index in [0.717, 1.165) is 4.47 Å². The van der Waals surface area contributed by atoms with Crippen molar-refractivity contribution in [1.29, 1.82) is 0 Å². The molecule has 1 aliphatic rings. The quantitative estimate of drug-likeness (QED) is 0.478. The van der Waals surface area contributed by atoms with Crippen molar-refractivity contribution in [2.24, 2.45) is 0 Å². The van der Waals surface area contributed by atoms with E-state index in [1.54, 1.807) is 24.3 Å². The summed E-state index contributed by atoms with van der Waals surface area (Å²) >= 11 is 3.28. The van der Waals surface area contributed by atoms with E-state index in [-0.39, 0.29) is 16.2 Å². The van der Waals surface area contributed by atoms with Crippen molar-refractivity contribution in [1.82, 2.24) is 4.31 Å². The molecule has 0 radical (unpaired) electrons. The molecule has 0 aromatic heterocycles. The summed E-state index contributed by atoms with van der Waals surface area (Å²) in [4.78, 5) is 24.3. The number of ketones is 1. The molecule has 0 bridgehead atoms. The summed E-state index contributed by atoms with van der Waals surface area (Å²) in [5, 5.41) is 0. The van der Waals surface area contributed by atoms with Crippen LogP contribution in [0, 0.1) is 0 Å². The van der Waals surface area contributed by atoms with E-state index in [9.17, 15) is 18.0 Å². The first-order valence-electron chi connectivity index (χ1n) is 8.52. The van der Waals surface area contributed by atoms with Crippen LogP contribution in [-0.2, 0) is 19.5 Å². The topological polar surface area (TPSA) is 90.0 Å². The van der Waals surface area contributed by atoms with E-state index >= 15 is 0 Å². The van der Waals surface area contributed by atoms with Crippen LogP contribution >= 0.6 is 15.9 Å². The second-order valence-corrected chi connectivity index (χ2v) is 8.90. The molecular formula is C19H18BrNO6S. The predicted octanol–water partition coefficient (Wildman–Crippen LogP) is 2.51. The summed E-state index contributed by atoms with van der Waals surface area (Å²) in [5.74, 6) is -1.02. The lowest BCUT2D eigenvalue weighted by molar-refractivity contribution is 0.0474. The lowest BCUT2D eigenvalue weighted by Crippen LogP contribution is -2.40. The molecule has 0 aliphatic carbocycles. The van der Waals surface area contributed by atoms with Crippen LogP contribution in [0.25, 0.3) is 0 Å². The molecule has 0 saturated carbocycles. The number of esters is 1. The van der Waals surface area contributed by atoms with Crippen LogP contribution in [0.3, 0.4) is 0 Å². The lowest BCUT2D eigenvalue weighted by Gasteiger charge is -2.26. The van der Waals surface area contributed by atoms with Crippen molar-refractivity contribution in [3.63, 3.8) is 0 Å². The molecule has 148 valence electrons. The Labute approximate surface area is 171 Å². The van der Waals surface area contributed by atoms with Gasteiger partial charge in [0.05, 0.1) is 23.7 Å². The summed E-state index contributed by atoms with van der Waals surface area (Å²) in [5.41, 5.74) is 0.604. The Kier molecular flexibility index (Phi) is 6.61. The first-order valence-corrected chi connectivity index (χ1v) is 10.7. The van der Waals surface area contributed by atoms with Crippen LogP contribution in [0.1, 0.15) is 20.7 Å². The maximum absolute atomic E-state index is 12.6. The molecule has 0 N–H and O–H groups in total. The Bertz CT molecular complexity index is 951. The van der Waals surface area contributed by atoms with Crippen LogP contribution in [0.2, 0.25) is 0 Å². The zero-order valence-electron chi connectivity index (χ0n) is 14.8. The van der Waals surface area contributed by atoms with Crippen LogP contribution in [0.4, 0.5) is 0 Å².